The lowest BCUT2D eigenvalue weighted by Gasteiger charge is -2.38. The van der Waals surface area contributed by atoms with Gasteiger partial charge in [0, 0.05) is 39.3 Å². The molecule has 0 radical (unpaired) electrons. The fourth-order valence-electron chi connectivity index (χ4n) is 3.80. The van der Waals surface area contributed by atoms with Crippen molar-refractivity contribution in [2.24, 2.45) is 4.99 Å². The van der Waals surface area contributed by atoms with Gasteiger partial charge >= 0.3 is 0 Å². The van der Waals surface area contributed by atoms with Crippen LogP contribution in [0, 0.1) is 0 Å². The number of hydrogen-bond donors (Lipinski definition) is 1. The molecule has 7 nitrogen and oxygen atoms in total. The van der Waals surface area contributed by atoms with Gasteiger partial charge in [-0.15, -0.1) is 0 Å². The Bertz CT molecular complexity index is 864. The maximum atomic E-state index is 5.53. The molecular formula is C24H34N4O3. The Hall–Kier alpha value is -3.09. The quantitative estimate of drug-likeness (QED) is 0.517. The third-order valence-corrected chi connectivity index (χ3v) is 5.45. The van der Waals surface area contributed by atoms with Crippen molar-refractivity contribution in [2.75, 3.05) is 65.5 Å². The van der Waals surface area contributed by atoms with Gasteiger partial charge in [0.25, 0.3) is 0 Å². The van der Waals surface area contributed by atoms with Crippen molar-refractivity contribution in [3.8, 4) is 17.2 Å². The lowest BCUT2D eigenvalue weighted by atomic mass is 10.1. The lowest BCUT2D eigenvalue weighted by molar-refractivity contribution is 0.354. The second-order valence-corrected chi connectivity index (χ2v) is 7.32. The molecule has 3 rings (SSSR count). The van der Waals surface area contributed by atoms with E-state index in [2.05, 4.69) is 40.2 Å². The first-order chi connectivity index (χ1) is 15.2. The number of nitrogens with zero attached hydrogens (tertiary/aromatic N) is 3. The molecule has 0 aromatic heterocycles. The minimum Gasteiger partial charge on any atom is -0.495 e. The van der Waals surface area contributed by atoms with Gasteiger partial charge in [-0.25, -0.2) is 0 Å². The minimum atomic E-state index is 0.713. The summed E-state index contributed by atoms with van der Waals surface area (Å²) in [7, 11) is 5.04. The molecule has 2 aromatic rings. The number of guanidine groups is 1. The summed E-state index contributed by atoms with van der Waals surface area (Å²) in [4.78, 5) is 9.59. The monoisotopic (exact) mass is 426 g/mol. The molecule has 0 bridgehead atoms. The molecule has 168 valence electrons. The first kappa shape index (κ1) is 22.6. The number of hydrogen-bond acceptors (Lipinski definition) is 5. The predicted molar refractivity (Wildman–Crippen MR) is 126 cm³/mol. The van der Waals surface area contributed by atoms with E-state index >= 15 is 0 Å². The van der Waals surface area contributed by atoms with Crippen molar-refractivity contribution >= 4 is 11.6 Å². The van der Waals surface area contributed by atoms with E-state index in [9.17, 15) is 0 Å². The smallest absolute Gasteiger partial charge is 0.194 e. The van der Waals surface area contributed by atoms with Crippen molar-refractivity contribution in [3.05, 3.63) is 48.0 Å². The highest BCUT2D eigenvalue weighted by Crippen LogP contribution is 2.29. The molecule has 1 aliphatic heterocycles. The molecule has 0 amide bonds. The standard InChI is InChI=1S/C24H34N4O3/c1-5-25-24(26-13-12-19-10-11-22(30-3)23(18-19)31-4)28-16-14-27(15-17-28)20-8-6-7-9-21(20)29-2/h6-11,18H,5,12-17H2,1-4H3,(H,25,26). The number of benzene rings is 2. The molecule has 0 spiro atoms. The van der Waals surface area contributed by atoms with Crippen molar-refractivity contribution in [1.82, 2.24) is 10.2 Å². The first-order valence-corrected chi connectivity index (χ1v) is 10.8. The Morgan fingerprint density at radius 1 is 0.903 bits per heavy atom. The van der Waals surface area contributed by atoms with Crippen molar-refractivity contribution in [3.63, 3.8) is 0 Å². The molecule has 0 atom stereocenters. The van der Waals surface area contributed by atoms with Gasteiger partial charge in [0.15, 0.2) is 17.5 Å². The predicted octanol–water partition coefficient (Wildman–Crippen LogP) is 3.04. The third-order valence-electron chi connectivity index (χ3n) is 5.45. The number of aliphatic imine (C=N–C) groups is 1. The minimum absolute atomic E-state index is 0.713. The SMILES string of the molecule is CCNC(=NCCc1ccc(OC)c(OC)c1)N1CCN(c2ccccc2OC)CC1. The average Bonchev–Trinajstić information content (AvgIpc) is 2.83. The number of para-hydroxylation sites is 2. The molecule has 2 aromatic carbocycles. The van der Waals surface area contributed by atoms with Gasteiger partial charge < -0.3 is 29.3 Å². The second-order valence-electron chi connectivity index (χ2n) is 7.32. The zero-order chi connectivity index (χ0) is 22.1. The van der Waals surface area contributed by atoms with Crippen LogP contribution < -0.4 is 24.4 Å². The molecule has 1 N–H and O–H groups in total. The van der Waals surface area contributed by atoms with Crippen LogP contribution in [0.25, 0.3) is 0 Å². The van der Waals surface area contributed by atoms with E-state index in [1.165, 1.54) is 5.56 Å². The molecule has 1 saturated heterocycles. The molecule has 1 heterocycles. The summed E-state index contributed by atoms with van der Waals surface area (Å²) in [6.45, 7) is 7.36. The maximum Gasteiger partial charge on any atom is 0.194 e. The van der Waals surface area contributed by atoms with Gasteiger partial charge in [-0.2, -0.15) is 0 Å². The van der Waals surface area contributed by atoms with E-state index in [-0.39, 0.29) is 0 Å². The van der Waals surface area contributed by atoms with Gasteiger partial charge in [0.05, 0.1) is 27.0 Å². The van der Waals surface area contributed by atoms with Gasteiger partial charge in [-0.3, -0.25) is 4.99 Å². The van der Waals surface area contributed by atoms with Gasteiger partial charge in [-0.1, -0.05) is 18.2 Å². The number of nitrogens with one attached hydrogen (secondary N) is 1. The van der Waals surface area contributed by atoms with Crippen LogP contribution in [0.1, 0.15) is 12.5 Å². The number of rotatable bonds is 8. The maximum absolute atomic E-state index is 5.53. The molecule has 0 aliphatic carbocycles. The largest absolute Gasteiger partial charge is 0.495 e. The summed E-state index contributed by atoms with van der Waals surface area (Å²) in [5.74, 6) is 3.40. The summed E-state index contributed by atoms with van der Waals surface area (Å²) < 4.78 is 16.3. The summed E-state index contributed by atoms with van der Waals surface area (Å²) >= 11 is 0. The Balaban J connectivity index is 1.60. The van der Waals surface area contributed by atoms with Crippen molar-refractivity contribution in [2.45, 2.75) is 13.3 Å². The van der Waals surface area contributed by atoms with Crippen LogP contribution in [-0.4, -0.2) is 71.5 Å². The van der Waals surface area contributed by atoms with E-state index in [4.69, 9.17) is 19.2 Å². The van der Waals surface area contributed by atoms with Gasteiger partial charge in [-0.05, 0) is 43.2 Å². The van der Waals surface area contributed by atoms with Crippen LogP contribution in [-0.2, 0) is 6.42 Å². The van der Waals surface area contributed by atoms with Crippen LogP contribution in [0.4, 0.5) is 5.69 Å². The fourth-order valence-corrected chi connectivity index (χ4v) is 3.80. The zero-order valence-corrected chi connectivity index (χ0v) is 19.1. The van der Waals surface area contributed by atoms with E-state index < -0.39 is 0 Å². The van der Waals surface area contributed by atoms with Crippen LogP contribution >= 0.6 is 0 Å². The molecule has 7 heteroatoms. The third kappa shape index (κ3) is 5.75. The highest BCUT2D eigenvalue weighted by Gasteiger charge is 2.21. The van der Waals surface area contributed by atoms with E-state index in [0.29, 0.717) is 6.54 Å². The number of anilines is 1. The topological polar surface area (TPSA) is 58.6 Å². The van der Waals surface area contributed by atoms with Crippen LogP contribution in [0.5, 0.6) is 17.2 Å². The molecule has 1 fully saturated rings. The summed E-state index contributed by atoms with van der Waals surface area (Å²) in [6.07, 6.45) is 0.844. The molecule has 31 heavy (non-hydrogen) atoms. The Morgan fingerprint density at radius 2 is 1.61 bits per heavy atom. The zero-order valence-electron chi connectivity index (χ0n) is 19.1. The fraction of sp³-hybridized carbons (Fsp3) is 0.458. The number of ether oxygens (including phenoxy) is 3. The Labute approximate surface area is 185 Å². The van der Waals surface area contributed by atoms with E-state index in [0.717, 1.165) is 68.0 Å². The Morgan fingerprint density at radius 3 is 2.29 bits per heavy atom. The highest BCUT2D eigenvalue weighted by molar-refractivity contribution is 5.80. The van der Waals surface area contributed by atoms with E-state index in [1.807, 2.05) is 24.3 Å². The highest BCUT2D eigenvalue weighted by atomic mass is 16.5. The number of piperazine rings is 1. The summed E-state index contributed by atoms with van der Waals surface area (Å²) in [6, 6.07) is 14.2. The second kappa shape index (κ2) is 11.3. The lowest BCUT2D eigenvalue weighted by Crippen LogP contribution is -2.52. The normalized spacial score (nSPS) is 14.4. The first-order valence-electron chi connectivity index (χ1n) is 10.8. The van der Waals surface area contributed by atoms with Crippen LogP contribution in [0.2, 0.25) is 0 Å². The van der Waals surface area contributed by atoms with Gasteiger partial charge in [0.2, 0.25) is 0 Å². The van der Waals surface area contributed by atoms with Crippen molar-refractivity contribution < 1.29 is 14.2 Å². The van der Waals surface area contributed by atoms with Gasteiger partial charge in [0.1, 0.15) is 5.75 Å². The van der Waals surface area contributed by atoms with Crippen LogP contribution in [0.15, 0.2) is 47.5 Å². The summed E-state index contributed by atoms with van der Waals surface area (Å²) in [5.41, 5.74) is 2.33. The van der Waals surface area contributed by atoms with Crippen LogP contribution in [0.3, 0.4) is 0 Å². The molecular weight excluding hydrogens is 392 g/mol. The molecule has 0 unspecified atom stereocenters. The molecule has 1 aliphatic rings. The van der Waals surface area contributed by atoms with Crippen molar-refractivity contribution in [1.29, 1.82) is 0 Å². The average molecular weight is 427 g/mol. The Kier molecular flexibility index (Phi) is 8.27. The van der Waals surface area contributed by atoms with E-state index in [1.54, 1.807) is 21.3 Å². The molecule has 0 saturated carbocycles. The summed E-state index contributed by atoms with van der Waals surface area (Å²) in [5, 5.41) is 3.44. The number of methoxy groups -OCH3 is 3.